The van der Waals surface area contributed by atoms with Gasteiger partial charge in [-0.15, -0.1) is 0 Å². The number of hydrogen-bond donors (Lipinski definition) is 1. The molecular formula is C30H30N2O3. The van der Waals surface area contributed by atoms with Crippen LogP contribution in [-0.2, 0) is 12.0 Å². The van der Waals surface area contributed by atoms with E-state index in [9.17, 15) is 9.90 Å². The molecule has 0 unspecified atom stereocenters. The summed E-state index contributed by atoms with van der Waals surface area (Å²) in [6.45, 7) is 5.33. The number of rotatable bonds is 6. The van der Waals surface area contributed by atoms with Gasteiger partial charge in [0.05, 0.1) is 11.2 Å². The fourth-order valence-corrected chi connectivity index (χ4v) is 4.75. The number of benzene rings is 2. The normalized spacial score (nSPS) is 15.2. The van der Waals surface area contributed by atoms with Crippen LogP contribution in [0, 0.1) is 13.8 Å². The van der Waals surface area contributed by atoms with Crippen molar-refractivity contribution in [2.75, 3.05) is 18.0 Å². The maximum atomic E-state index is 13.0. The Hall–Kier alpha value is -3.70. The Bertz CT molecular complexity index is 1300. The summed E-state index contributed by atoms with van der Waals surface area (Å²) in [7, 11) is 0. The number of hydrogen-bond acceptors (Lipinski definition) is 5. The van der Waals surface area contributed by atoms with E-state index in [0.717, 1.165) is 35.6 Å². The largest absolute Gasteiger partial charge is 0.461 e. The first-order chi connectivity index (χ1) is 16.9. The molecule has 2 aromatic carbocycles. The molecule has 0 spiro atoms. The first-order valence-electron chi connectivity index (χ1n) is 12.1. The molecule has 3 heterocycles. The van der Waals surface area contributed by atoms with Gasteiger partial charge in [0, 0.05) is 31.3 Å². The SMILES string of the molecule is Cc1ccc(-c2cc(C(=O)Cc3ccc(N4CCC(O)(c5ccccc5)CC4)nc3)c(C)o2)cc1. The number of piperidine rings is 1. The van der Waals surface area contributed by atoms with Gasteiger partial charge in [-0.3, -0.25) is 4.79 Å². The van der Waals surface area contributed by atoms with Crippen LogP contribution in [0.25, 0.3) is 11.3 Å². The zero-order chi connectivity index (χ0) is 24.4. The van der Waals surface area contributed by atoms with Crippen LogP contribution in [0.4, 0.5) is 5.82 Å². The van der Waals surface area contributed by atoms with Crippen LogP contribution in [0.3, 0.4) is 0 Å². The van der Waals surface area contributed by atoms with Crippen LogP contribution >= 0.6 is 0 Å². The Morgan fingerprint density at radius 2 is 1.71 bits per heavy atom. The molecule has 4 aromatic rings. The molecule has 0 saturated carbocycles. The fourth-order valence-electron chi connectivity index (χ4n) is 4.75. The van der Waals surface area contributed by atoms with Crippen molar-refractivity contribution in [3.8, 4) is 11.3 Å². The average Bonchev–Trinajstić information content (AvgIpc) is 3.28. The Kier molecular flexibility index (Phi) is 6.27. The van der Waals surface area contributed by atoms with Crippen molar-refractivity contribution in [2.24, 2.45) is 0 Å². The number of nitrogens with zero attached hydrogens (tertiary/aromatic N) is 2. The molecule has 0 radical (unpaired) electrons. The zero-order valence-electron chi connectivity index (χ0n) is 20.2. The molecule has 5 nitrogen and oxygen atoms in total. The number of furan rings is 1. The van der Waals surface area contributed by atoms with E-state index in [1.807, 2.05) is 86.6 Å². The molecule has 5 rings (SSSR count). The summed E-state index contributed by atoms with van der Waals surface area (Å²) in [5.74, 6) is 2.23. The van der Waals surface area contributed by atoms with Crippen molar-refractivity contribution in [1.29, 1.82) is 0 Å². The summed E-state index contributed by atoms with van der Waals surface area (Å²) in [5.41, 5.74) is 3.81. The molecule has 5 heteroatoms. The second-order valence-electron chi connectivity index (χ2n) is 9.46. The van der Waals surface area contributed by atoms with E-state index in [1.165, 1.54) is 5.56 Å². The van der Waals surface area contributed by atoms with E-state index in [4.69, 9.17) is 4.42 Å². The Morgan fingerprint density at radius 3 is 2.37 bits per heavy atom. The van der Waals surface area contributed by atoms with Crippen molar-refractivity contribution in [2.45, 2.75) is 38.7 Å². The molecule has 1 aliphatic rings. The minimum Gasteiger partial charge on any atom is -0.461 e. The highest BCUT2D eigenvalue weighted by Crippen LogP contribution is 2.34. The van der Waals surface area contributed by atoms with Gasteiger partial charge < -0.3 is 14.4 Å². The van der Waals surface area contributed by atoms with Crippen molar-refractivity contribution in [1.82, 2.24) is 4.98 Å². The Balaban J connectivity index is 1.22. The summed E-state index contributed by atoms with van der Waals surface area (Å²) >= 11 is 0. The van der Waals surface area contributed by atoms with E-state index >= 15 is 0 Å². The van der Waals surface area contributed by atoms with Crippen LogP contribution in [0.2, 0.25) is 0 Å². The van der Waals surface area contributed by atoms with E-state index in [0.29, 0.717) is 29.9 Å². The predicted octanol–water partition coefficient (Wildman–Crippen LogP) is 5.87. The standard InChI is InChI=1S/C30H30N2O3/c1-21-8-11-24(12-9-21)28-19-26(22(2)35-28)27(33)18-23-10-13-29(31-20-23)32-16-14-30(34,15-17-32)25-6-4-3-5-7-25/h3-13,19-20,34H,14-18H2,1-2H3. The molecule has 0 amide bonds. The second kappa shape index (κ2) is 9.51. The number of carbonyl (C=O) groups is 1. The molecule has 0 atom stereocenters. The Labute approximate surface area is 206 Å². The number of aliphatic hydroxyl groups is 1. The van der Waals surface area contributed by atoms with Crippen molar-refractivity contribution in [3.63, 3.8) is 0 Å². The van der Waals surface area contributed by atoms with Gasteiger partial charge in [-0.2, -0.15) is 0 Å². The topological polar surface area (TPSA) is 66.6 Å². The number of aromatic nitrogens is 1. The van der Waals surface area contributed by atoms with Gasteiger partial charge >= 0.3 is 0 Å². The molecular weight excluding hydrogens is 436 g/mol. The number of Topliss-reactive ketones (excluding diaryl/α,β-unsaturated/α-hetero) is 1. The first kappa shape index (κ1) is 23.1. The van der Waals surface area contributed by atoms with Crippen molar-refractivity contribution in [3.05, 3.63) is 107 Å². The third kappa shape index (κ3) is 4.91. The predicted molar refractivity (Wildman–Crippen MR) is 138 cm³/mol. The quantitative estimate of drug-likeness (QED) is 0.360. The molecule has 1 saturated heterocycles. The lowest BCUT2D eigenvalue weighted by molar-refractivity contribution is 0.0116. The van der Waals surface area contributed by atoms with Gasteiger partial charge in [-0.05, 0) is 49.9 Å². The van der Waals surface area contributed by atoms with Gasteiger partial charge in [0.1, 0.15) is 17.3 Å². The minimum atomic E-state index is -0.788. The highest BCUT2D eigenvalue weighted by molar-refractivity contribution is 5.99. The van der Waals surface area contributed by atoms with E-state index in [2.05, 4.69) is 9.88 Å². The van der Waals surface area contributed by atoms with Gasteiger partial charge in [-0.25, -0.2) is 4.98 Å². The maximum Gasteiger partial charge on any atom is 0.170 e. The summed E-state index contributed by atoms with van der Waals surface area (Å²) in [6, 6.07) is 23.7. The van der Waals surface area contributed by atoms with E-state index < -0.39 is 5.60 Å². The number of ketones is 1. The molecule has 2 aromatic heterocycles. The monoisotopic (exact) mass is 466 g/mol. The third-order valence-electron chi connectivity index (χ3n) is 6.95. The smallest absolute Gasteiger partial charge is 0.170 e. The summed E-state index contributed by atoms with van der Waals surface area (Å²) in [6.07, 6.45) is 3.36. The number of aryl methyl sites for hydroxylation is 2. The lowest BCUT2D eigenvalue weighted by Crippen LogP contribution is -2.42. The molecule has 1 aliphatic heterocycles. The number of carbonyl (C=O) groups excluding carboxylic acids is 1. The van der Waals surface area contributed by atoms with Crippen LogP contribution in [0.1, 0.15) is 45.7 Å². The third-order valence-corrected chi connectivity index (χ3v) is 6.95. The van der Waals surface area contributed by atoms with Crippen LogP contribution in [0.5, 0.6) is 0 Å². The van der Waals surface area contributed by atoms with E-state index in [-0.39, 0.29) is 12.2 Å². The lowest BCUT2D eigenvalue weighted by atomic mass is 9.84. The molecule has 0 aliphatic carbocycles. The van der Waals surface area contributed by atoms with Crippen molar-refractivity contribution < 1.29 is 14.3 Å². The highest BCUT2D eigenvalue weighted by atomic mass is 16.3. The zero-order valence-corrected chi connectivity index (χ0v) is 20.2. The maximum absolute atomic E-state index is 13.0. The summed E-state index contributed by atoms with van der Waals surface area (Å²) in [5, 5.41) is 11.1. The van der Waals surface area contributed by atoms with Crippen molar-refractivity contribution >= 4 is 11.6 Å². The second-order valence-corrected chi connectivity index (χ2v) is 9.46. The molecule has 178 valence electrons. The van der Waals surface area contributed by atoms with Gasteiger partial charge in [0.15, 0.2) is 5.78 Å². The fraction of sp³-hybridized carbons (Fsp3) is 0.267. The van der Waals surface area contributed by atoms with Gasteiger partial charge in [-0.1, -0.05) is 66.2 Å². The number of pyridine rings is 1. The highest BCUT2D eigenvalue weighted by Gasteiger charge is 2.34. The molecule has 1 fully saturated rings. The van der Waals surface area contributed by atoms with E-state index in [1.54, 1.807) is 6.20 Å². The summed E-state index contributed by atoms with van der Waals surface area (Å²) < 4.78 is 5.88. The molecule has 1 N–H and O–H groups in total. The van der Waals surface area contributed by atoms with Crippen LogP contribution in [0.15, 0.2) is 83.4 Å². The lowest BCUT2D eigenvalue weighted by Gasteiger charge is -2.39. The minimum absolute atomic E-state index is 0.0186. The summed E-state index contributed by atoms with van der Waals surface area (Å²) in [4.78, 5) is 19.8. The number of anilines is 1. The first-order valence-corrected chi connectivity index (χ1v) is 12.1. The van der Waals surface area contributed by atoms with Crippen LogP contribution in [-0.4, -0.2) is 29.0 Å². The van der Waals surface area contributed by atoms with Crippen LogP contribution < -0.4 is 4.90 Å². The molecule has 35 heavy (non-hydrogen) atoms. The van der Waals surface area contributed by atoms with Gasteiger partial charge in [0.25, 0.3) is 0 Å². The Morgan fingerprint density at radius 1 is 1.00 bits per heavy atom. The van der Waals surface area contributed by atoms with Gasteiger partial charge in [0.2, 0.25) is 0 Å². The average molecular weight is 467 g/mol. The molecule has 0 bridgehead atoms.